The van der Waals surface area contributed by atoms with Crippen molar-refractivity contribution in [2.24, 2.45) is 10.9 Å². The Kier molecular flexibility index (Phi) is 7.99. The monoisotopic (exact) mass is 493 g/mol. The maximum Gasteiger partial charge on any atom is 0.335 e. The normalized spacial score (nSPS) is 16.3. The van der Waals surface area contributed by atoms with Gasteiger partial charge in [-0.25, -0.2) is 9.80 Å². The van der Waals surface area contributed by atoms with Crippen LogP contribution in [0.4, 0.5) is 4.79 Å². The summed E-state index contributed by atoms with van der Waals surface area (Å²) in [6.07, 6.45) is 3.14. The minimum atomic E-state index is -0.0653. The molecule has 0 aliphatic carbocycles. The molecular weight excluding hydrogens is 462 g/mol. The third-order valence-corrected chi connectivity index (χ3v) is 7.04. The molecule has 9 heteroatoms. The van der Waals surface area contributed by atoms with Gasteiger partial charge in [0.15, 0.2) is 5.84 Å². The van der Waals surface area contributed by atoms with E-state index in [0.29, 0.717) is 12.1 Å². The number of carbonyl (C=O) groups excluding carboxylic acids is 1. The molecule has 1 aliphatic heterocycles. The van der Waals surface area contributed by atoms with Crippen molar-refractivity contribution in [1.29, 1.82) is 0 Å². The molecule has 0 bridgehead atoms. The van der Waals surface area contributed by atoms with Crippen LogP contribution in [0.2, 0.25) is 0 Å². The summed E-state index contributed by atoms with van der Waals surface area (Å²) in [4.78, 5) is 19.8. The highest BCUT2D eigenvalue weighted by molar-refractivity contribution is 7.97. The Bertz CT molecular complexity index is 1220. The van der Waals surface area contributed by atoms with Crippen molar-refractivity contribution in [3.8, 4) is 5.75 Å². The van der Waals surface area contributed by atoms with Crippen LogP contribution in [-0.2, 0) is 6.54 Å². The number of amides is 2. The molecule has 0 saturated carbocycles. The van der Waals surface area contributed by atoms with E-state index in [1.807, 2.05) is 53.4 Å². The van der Waals surface area contributed by atoms with Crippen molar-refractivity contribution in [2.75, 3.05) is 13.7 Å². The van der Waals surface area contributed by atoms with Crippen molar-refractivity contribution >= 4 is 34.6 Å². The van der Waals surface area contributed by atoms with E-state index in [2.05, 4.69) is 23.0 Å². The van der Waals surface area contributed by atoms with Crippen molar-refractivity contribution < 1.29 is 14.7 Å². The van der Waals surface area contributed by atoms with Crippen molar-refractivity contribution in [1.82, 2.24) is 14.7 Å². The quantitative estimate of drug-likeness (QED) is 0.141. The SMILES string of the molecule is COc1ccc2cc(SNN(Cc3cccc(/C(N)=N/O)c3)C(=O)N3CCCCC3C)ccc2c1. The van der Waals surface area contributed by atoms with E-state index in [-0.39, 0.29) is 17.9 Å². The molecule has 1 saturated heterocycles. The van der Waals surface area contributed by atoms with Crippen LogP contribution in [0.1, 0.15) is 37.3 Å². The molecule has 3 aromatic carbocycles. The fraction of sp³-hybridized carbons (Fsp3) is 0.308. The van der Waals surface area contributed by atoms with Crippen molar-refractivity contribution in [2.45, 2.75) is 43.7 Å². The van der Waals surface area contributed by atoms with Crippen molar-refractivity contribution in [3.05, 3.63) is 71.8 Å². The molecule has 4 N–H and O–H groups in total. The number of urea groups is 1. The minimum absolute atomic E-state index is 0.0320. The van der Waals surface area contributed by atoms with Gasteiger partial charge >= 0.3 is 6.03 Å². The number of benzene rings is 3. The largest absolute Gasteiger partial charge is 0.497 e. The van der Waals surface area contributed by atoms with E-state index in [9.17, 15) is 4.79 Å². The Morgan fingerprint density at radius 1 is 1.20 bits per heavy atom. The van der Waals surface area contributed by atoms with Crippen LogP contribution >= 0.6 is 11.9 Å². The molecule has 0 aromatic heterocycles. The first kappa shape index (κ1) is 24.7. The van der Waals surface area contributed by atoms with Gasteiger partial charge in [0.05, 0.1) is 13.7 Å². The smallest absolute Gasteiger partial charge is 0.335 e. The number of likely N-dealkylation sites (tertiary alicyclic amines) is 1. The molecule has 1 fully saturated rings. The molecule has 1 heterocycles. The second-order valence-corrected chi connectivity index (χ2v) is 9.52. The first-order valence-electron chi connectivity index (χ1n) is 11.6. The highest BCUT2D eigenvalue weighted by atomic mass is 32.2. The molecule has 3 aromatic rings. The van der Waals surface area contributed by atoms with E-state index in [0.717, 1.165) is 52.8 Å². The van der Waals surface area contributed by atoms with Crippen LogP contribution in [-0.4, -0.2) is 46.7 Å². The number of hydrogen-bond acceptors (Lipinski definition) is 6. The van der Waals surface area contributed by atoms with Crippen LogP contribution in [0.25, 0.3) is 10.8 Å². The lowest BCUT2D eigenvalue weighted by atomic mass is 10.0. The second-order valence-electron chi connectivity index (χ2n) is 8.66. The topological polar surface area (TPSA) is 103 Å². The number of nitrogens with two attached hydrogens (primary N) is 1. The van der Waals surface area contributed by atoms with E-state index in [1.165, 1.54) is 11.9 Å². The van der Waals surface area contributed by atoms with Crippen LogP contribution in [0.5, 0.6) is 5.75 Å². The summed E-state index contributed by atoms with van der Waals surface area (Å²) in [5.41, 5.74) is 7.24. The maximum absolute atomic E-state index is 13.6. The lowest BCUT2D eigenvalue weighted by Gasteiger charge is -2.37. The molecule has 0 radical (unpaired) electrons. The third kappa shape index (κ3) is 5.98. The summed E-state index contributed by atoms with van der Waals surface area (Å²) < 4.78 is 5.32. The zero-order valence-corrected chi connectivity index (χ0v) is 20.8. The Morgan fingerprint density at radius 3 is 2.77 bits per heavy atom. The molecule has 0 spiro atoms. The molecule has 1 aliphatic rings. The zero-order chi connectivity index (χ0) is 24.8. The number of methoxy groups -OCH3 is 1. The molecule has 2 amide bonds. The second kappa shape index (κ2) is 11.3. The Morgan fingerprint density at radius 2 is 2.00 bits per heavy atom. The van der Waals surface area contributed by atoms with E-state index in [4.69, 9.17) is 15.7 Å². The average Bonchev–Trinajstić information content (AvgIpc) is 2.90. The van der Waals surface area contributed by atoms with Gasteiger partial charge in [0, 0.05) is 23.0 Å². The molecule has 8 nitrogen and oxygen atoms in total. The zero-order valence-electron chi connectivity index (χ0n) is 20.0. The van der Waals surface area contributed by atoms with Gasteiger partial charge in [0.25, 0.3) is 0 Å². The lowest BCUT2D eigenvalue weighted by molar-refractivity contribution is 0.112. The van der Waals surface area contributed by atoms with Gasteiger partial charge in [-0.1, -0.05) is 35.5 Å². The molecule has 1 atom stereocenters. The molecular formula is C26H31N5O3S. The van der Waals surface area contributed by atoms with Gasteiger partial charge in [-0.3, -0.25) is 0 Å². The molecule has 184 valence electrons. The van der Waals surface area contributed by atoms with Gasteiger partial charge in [0.2, 0.25) is 0 Å². The van der Waals surface area contributed by atoms with Crippen LogP contribution < -0.4 is 15.3 Å². The number of nitrogens with zero attached hydrogens (tertiary/aromatic N) is 3. The number of piperidine rings is 1. The summed E-state index contributed by atoms with van der Waals surface area (Å²) in [7, 11) is 1.66. The van der Waals surface area contributed by atoms with Gasteiger partial charge in [0.1, 0.15) is 5.75 Å². The fourth-order valence-corrected chi connectivity index (χ4v) is 4.93. The van der Waals surface area contributed by atoms with Crippen LogP contribution in [0, 0.1) is 0 Å². The Balaban J connectivity index is 1.55. The number of amidine groups is 1. The predicted molar refractivity (Wildman–Crippen MR) is 139 cm³/mol. The number of oxime groups is 1. The summed E-state index contributed by atoms with van der Waals surface area (Å²) in [5, 5.41) is 15.9. The first-order chi connectivity index (χ1) is 17.0. The predicted octanol–water partition coefficient (Wildman–Crippen LogP) is 4.95. The first-order valence-corrected chi connectivity index (χ1v) is 12.5. The van der Waals surface area contributed by atoms with Crippen molar-refractivity contribution in [3.63, 3.8) is 0 Å². The Hall–Kier alpha value is -3.43. The molecule has 35 heavy (non-hydrogen) atoms. The van der Waals surface area contributed by atoms with Gasteiger partial charge in [-0.15, -0.1) is 0 Å². The standard InChI is InChI=1S/C26H31N5O3S/c1-18-6-3-4-13-30(18)26(32)31(17-19-7-5-8-22(14-19)25(27)28-33)29-35-24-12-10-20-15-23(34-2)11-9-21(20)16-24/h5,7-12,14-16,18,29,33H,3-4,6,13,17H2,1-2H3,(H2,27,28). The fourth-order valence-electron chi connectivity index (χ4n) is 4.25. The lowest BCUT2D eigenvalue weighted by Crippen LogP contribution is -2.52. The minimum Gasteiger partial charge on any atom is -0.497 e. The molecule has 4 rings (SSSR count). The summed E-state index contributed by atoms with van der Waals surface area (Å²) in [6, 6.07) is 19.6. The number of nitrogens with one attached hydrogen (secondary N) is 1. The number of ether oxygens (including phenoxy) is 1. The van der Waals surface area contributed by atoms with E-state index >= 15 is 0 Å². The number of rotatable bonds is 7. The highest BCUT2D eigenvalue weighted by Crippen LogP contribution is 2.26. The van der Waals surface area contributed by atoms with Gasteiger partial charge in [-0.2, -0.15) is 4.83 Å². The number of hydrogen-bond donors (Lipinski definition) is 3. The third-order valence-electron chi connectivity index (χ3n) is 6.24. The number of fused-ring (bicyclic) bond motifs is 1. The summed E-state index contributed by atoms with van der Waals surface area (Å²) in [5.74, 6) is 0.849. The summed E-state index contributed by atoms with van der Waals surface area (Å²) in [6.45, 7) is 3.16. The van der Waals surface area contributed by atoms with Crippen LogP contribution in [0.3, 0.4) is 0 Å². The van der Waals surface area contributed by atoms with E-state index in [1.54, 1.807) is 18.2 Å². The highest BCUT2D eigenvalue weighted by Gasteiger charge is 2.28. The van der Waals surface area contributed by atoms with E-state index < -0.39 is 0 Å². The molecule has 1 unspecified atom stereocenters. The van der Waals surface area contributed by atoms with Gasteiger partial charge in [-0.05, 0) is 84.8 Å². The average molecular weight is 494 g/mol. The number of hydrazine groups is 1. The maximum atomic E-state index is 13.6. The summed E-state index contributed by atoms with van der Waals surface area (Å²) >= 11 is 1.39. The van der Waals surface area contributed by atoms with Gasteiger partial charge < -0.3 is 20.6 Å². The Labute approximate surface area is 209 Å². The van der Waals surface area contributed by atoms with Crippen LogP contribution in [0.15, 0.2) is 70.7 Å². The number of carbonyl (C=O) groups is 1.